The standard InChI is InChI=1S/C12H14BrN3O2S/c13-11-6-5-10(19-11)8-16-7-9(14-15-16)3-1-2-4-12(17)18/h5-7H,1-4,8H2,(H,17,18). The average Bonchev–Trinajstić information content (AvgIpc) is 2.95. The molecule has 2 rings (SSSR count). The highest BCUT2D eigenvalue weighted by Gasteiger charge is 2.04. The number of nitrogens with zero attached hydrogens (tertiary/aromatic N) is 3. The fourth-order valence-corrected chi connectivity index (χ4v) is 3.18. The fourth-order valence-electron chi connectivity index (χ4n) is 1.71. The van der Waals surface area contributed by atoms with Crippen LogP contribution in [0.1, 0.15) is 29.8 Å². The molecular weight excluding hydrogens is 330 g/mol. The molecule has 0 spiro atoms. The average molecular weight is 344 g/mol. The van der Waals surface area contributed by atoms with Crippen LogP contribution in [0.2, 0.25) is 0 Å². The van der Waals surface area contributed by atoms with E-state index in [2.05, 4.69) is 32.3 Å². The first-order chi connectivity index (χ1) is 9.13. The van der Waals surface area contributed by atoms with Gasteiger partial charge in [0.05, 0.1) is 16.0 Å². The molecule has 7 heteroatoms. The van der Waals surface area contributed by atoms with Crippen LogP contribution in [0.25, 0.3) is 0 Å². The number of halogens is 1. The molecule has 0 amide bonds. The van der Waals surface area contributed by atoms with Crippen LogP contribution < -0.4 is 0 Å². The van der Waals surface area contributed by atoms with Gasteiger partial charge in [-0.2, -0.15) is 0 Å². The van der Waals surface area contributed by atoms with Crippen molar-refractivity contribution in [2.75, 3.05) is 0 Å². The number of hydrogen-bond donors (Lipinski definition) is 1. The van der Waals surface area contributed by atoms with E-state index in [1.54, 1.807) is 11.3 Å². The Morgan fingerprint density at radius 1 is 1.42 bits per heavy atom. The van der Waals surface area contributed by atoms with E-state index < -0.39 is 5.97 Å². The number of carbonyl (C=O) groups is 1. The maximum absolute atomic E-state index is 10.4. The largest absolute Gasteiger partial charge is 0.481 e. The third kappa shape index (κ3) is 4.76. The Hall–Kier alpha value is -1.21. The smallest absolute Gasteiger partial charge is 0.303 e. The minimum Gasteiger partial charge on any atom is -0.481 e. The summed E-state index contributed by atoms with van der Waals surface area (Å²) in [6.07, 6.45) is 4.43. The number of aryl methyl sites for hydroxylation is 1. The van der Waals surface area contributed by atoms with Gasteiger partial charge in [-0.15, -0.1) is 16.4 Å². The third-order valence-corrected chi connectivity index (χ3v) is 4.21. The summed E-state index contributed by atoms with van der Waals surface area (Å²) in [5.41, 5.74) is 0.918. The summed E-state index contributed by atoms with van der Waals surface area (Å²) in [6.45, 7) is 0.721. The molecule has 1 N–H and O–H groups in total. The molecule has 0 fully saturated rings. The number of carboxylic acids is 1. The Morgan fingerprint density at radius 3 is 2.95 bits per heavy atom. The van der Waals surface area contributed by atoms with E-state index in [9.17, 15) is 4.79 Å². The maximum Gasteiger partial charge on any atom is 0.303 e. The van der Waals surface area contributed by atoms with Gasteiger partial charge in [0.1, 0.15) is 0 Å². The molecule has 0 saturated heterocycles. The zero-order valence-electron chi connectivity index (χ0n) is 10.3. The lowest BCUT2D eigenvalue weighted by molar-refractivity contribution is -0.137. The lowest BCUT2D eigenvalue weighted by atomic mass is 10.1. The second-order valence-electron chi connectivity index (χ2n) is 4.21. The van der Waals surface area contributed by atoms with Crippen molar-refractivity contribution in [3.8, 4) is 0 Å². The zero-order chi connectivity index (χ0) is 13.7. The van der Waals surface area contributed by atoms with Gasteiger partial charge in [-0.1, -0.05) is 5.21 Å². The van der Waals surface area contributed by atoms with Crippen LogP contribution >= 0.6 is 27.3 Å². The first kappa shape index (κ1) is 14.2. The van der Waals surface area contributed by atoms with Crippen molar-refractivity contribution in [2.24, 2.45) is 0 Å². The molecular formula is C12H14BrN3O2S. The van der Waals surface area contributed by atoms with Gasteiger partial charge in [0.15, 0.2) is 0 Å². The molecule has 0 atom stereocenters. The SMILES string of the molecule is O=C(O)CCCCc1cn(Cc2ccc(Br)s2)nn1. The molecule has 2 aromatic rings. The minimum absolute atomic E-state index is 0.220. The van der Waals surface area contributed by atoms with Gasteiger partial charge in [-0.05, 0) is 47.3 Å². The first-order valence-corrected chi connectivity index (χ1v) is 7.59. The quantitative estimate of drug-likeness (QED) is 0.784. The van der Waals surface area contributed by atoms with Gasteiger partial charge < -0.3 is 5.11 Å². The van der Waals surface area contributed by atoms with Crippen LogP contribution in [0, 0.1) is 0 Å². The second-order valence-corrected chi connectivity index (χ2v) is 6.76. The molecule has 2 heterocycles. The van der Waals surface area contributed by atoms with E-state index in [0.29, 0.717) is 6.42 Å². The predicted molar refractivity (Wildman–Crippen MR) is 76.3 cm³/mol. The summed E-state index contributed by atoms with van der Waals surface area (Å²) in [5, 5.41) is 16.7. The number of thiophene rings is 1. The third-order valence-electron chi connectivity index (χ3n) is 2.61. The maximum atomic E-state index is 10.4. The number of unbranched alkanes of at least 4 members (excludes halogenated alkanes) is 1. The fraction of sp³-hybridized carbons (Fsp3) is 0.417. The van der Waals surface area contributed by atoms with Crippen molar-refractivity contribution >= 4 is 33.2 Å². The molecule has 0 unspecified atom stereocenters. The molecule has 0 radical (unpaired) electrons. The van der Waals surface area contributed by atoms with Gasteiger partial charge in [0, 0.05) is 17.5 Å². The highest BCUT2D eigenvalue weighted by molar-refractivity contribution is 9.11. The molecule has 0 aromatic carbocycles. The van der Waals surface area contributed by atoms with Crippen molar-refractivity contribution in [3.63, 3.8) is 0 Å². The molecule has 0 aliphatic carbocycles. The number of hydrogen-bond acceptors (Lipinski definition) is 4. The van der Waals surface area contributed by atoms with Crippen LogP contribution in [-0.2, 0) is 17.8 Å². The molecule has 2 aromatic heterocycles. The Kier molecular flexibility index (Phi) is 5.09. The van der Waals surface area contributed by atoms with Crippen molar-refractivity contribution in [1.82, 2.24) is 15.0 Å². The number of carboxylic acid groups (broad SMARTS) is 1. The van der Waals surface area contributed by atoms with E-state index in [4.69, 9.17) is 5.11 Å². The van der Waals surface area contributed by atoms with Crippen LogP contribution in [0.4, 0.5) is 0 Å². The second kappa shape index (κ2) is 6.81. The molecule has 19 heavy (non-hydrogen) atoms. The summed E-state index contributed by atoms with van der Waals surface area (Å²) >= 11 is 5.11. The van der Waals surface area contributed by atoms with E-state index in [0.717, 1.165) is 28.9 Å². The molecule has 0 aliphatic rings. The molecule has 102 valence electrons. The Bertz CT molecular complexity index is 553. The van der Waals surface area contributed by atoms with E-state index in [1.165, 1.54) is 4.88 Å². The van der Waals surface area contributed by atoms with Gasteiger partial charge in [0.25, 0.3) is 0 Å². The van der Waals surface area contributed by atoms with Gasteiger partial charge in [0.2, 0.25) is 0 Å². The van der Waals surface area contributed by atoms with Crippen LogP contribution in [0.3, 0.4) is 0 Å². The number of rotatable bonds is 7. The van der Waals surface area contributed by atoms with Crippen LogP contribution in [0.15, 0.2) is 22.1 Å². The van der Waals surface area contributed by atoms with Crippen molar-refractivity contribution in [3.05, 3.63) is 32.7 Å². The summed E-state index contributed by atoms with van der Waals surface area (Å²) in [7, 11) is 0. The minimum atomic E-state index is -0.744. The van der Waals surface area contributed by atoms with Gasteiger partial charge in [-0.3, -0.25) is 4.79 Å². The monoisotopic (exact) mass is 343 g/mol. The highest BCUT2D eigenvalue weighted by atomic mass is 79.9. The van der Waals surface area contributed by atoms with Crippen LogP contribution in [-0.4, -0.2) is 26.1 Å². The normalized spacial score (nSPS) is 10.8. The Labute approximate surface area is 123 Å². The van der Waals surface area contributed by atoms with E-state index in [1.807, 2.05) is 16.9 Å². The molecule has 5 nitrogen and oxygen atoms in total. The molecule has 0 aliphatic heterocycles. The Morgan fingerprint density at radius 2 is 2.26 bits per heavy atom. The lowest BCUT2D eigenvalue weighted by Crippen LogP contribution is -1.98. The number of aliphatic carboxylic acids is 1. The van der Waals surface area contributed by atoms with E-state index in [-0.39, 0.29) is 6.42 Å². The topological polar surface area (TPSA) is 68.0 Å². The van der Waals surface area contributed by atoms with E-state index >= 15 is 0 Å². The van der Waals surface area contributed by atoms with Crippen molar-refractivity contribution < 1.29 is 9.90 Å². The van der Waals surface area contributed by atoms with Crippen molar-refractivity contribution in [2.45, 2.75) is 32.2 Å². The zero-order valence-corrected chi connectivity index (χ0v) is 12.7. The lowest BCUT2D eigenvalue weighted by Gasteiger charge is -1.96. The predicted octanol–water partition coefficient (Wildman–Crippen LogP) is 2.95. The summed E-state index contributed by atoms with van der Waals surface area (Å²) in [6, 6.07) is 4.08. The van der Waals surface area contributed by atoms with Crippen LogP contribution in [0.5, 0.6) is 0 Å². The molecule has 0 bridgehead atoms. The number of aromatic nitrogens is 3. The summed E-state index contributed by atoms with van der Waals surface area (Å²) in [4.78, 5) is 11.6. The van der Waals surface area contributed by atoms with Gasteiger partial charge in [-0.25, -0.2) is 4.68 Å². The Balaban J connectivity index is 1.80. The van der Waals surface area contributed by atoms with Gasteiger partial charge >= 0.3 is 5.97 Å². The first-order valence-electron chi connectivity index (χ1n) is 5.98. The summed E-state index contributed by atoms with van der Waals surface area (Å²) < 4.78 is 2.92. The van der Waals surface area contributed by atoms with Crippen molar-refractivity contribution in [1.29, 1.82) is 0 Å². The summed E-state index contributed by atoms with van der Waals surface area (Å²) in [5.74, 6) is -0.744. The molecule has 0 saturated carbocycles. The highest BCUT2D eigenvalue weighted by Crippen LogP contribution is 2.22.